The van der Waals surface area contributed by atoms with Crippen LogP contribution in [0.5, 0.6) is 0 Å². The van der Waals surface area contributed by atoms with Gasteiger partial charge >= 0.3 is 0 Å². The number of hydrogen-bond donors (Lipinski definition) is 0. The number of nitrogens with zero attached hydrogens (tertiary/aromatic N) is 1. The molecule has 0 N–H and O–H groups in total. The van der Waals surface area contributed by atoms with E-state index in [0.29, 0.717) is 5.01 Å². The Labute approximate surface area is 109 Å². The van der Waals surface area contributed by atoms with E-state index in [2.05, 4.69) is 30.1 Å². The molecule has 1 heterocycles. The average molecular weight is 257 g/mol. The SMILES string of the molecule is Cc1ccccc1-c1ccc2sc(CF)nc2c1. The van der Waals surface area contributed by atoms with Crippen molar-refractivity contribution in [3.05, 3.63) is 53.0 Å². The molecule has 3 rings (SSSR count). The lowest BCUT2D eigenvalue weighted by molar-refractivity contribution is 0.484. The minimum atomic E-state index is -0.487. The zero-order valence-electron chi connectivity index (χ0n) is 9.98. The molecule has 0 aliphatic heterocycles. The number of aromatic nitrogens is 1. The zero-order chi connectivity index (χ0) is 12.5. The van der Waals surface area contributed by atoms with Crippen molar-refractivity contribution in [1.82, 2.24) is 4.98 Å². The fourth-order valence-electron chi connectivity index (χ4n) is 2.10. The second kappa shape index (κ2) is 4.50. The number of aryl methyl sites for hydroxylation is 1. The summed E-state index contributed by atoms with van der Waals surface area (Å²) in [4.78, 5) is 4.29. The van der Waals surface area contributed by atoms with Crippen LogP contribution in [0.4, 0.5) is 4.39 Å². The first kappa shape index (κ1) is 11.4. The van der Waals surface area contributed by atoms with Gasteiger partial charge in [-0.25, -0.2) is 9.37 Å². The first-order valence-electron chi connectivity index (χ1n) is 5.79. The Bertz CT molecular complexity index is 703. The van der Waals surface area contributed by atoms with Crippen LogP contribution in [0.15, 0.2) is 42.5 Å². The molecule has 0 saturated heterocycles. The van der Waals surface area contributed by atoms with E-state index in [1.165, 1.54) is 22.5 Å². The monoisotopic (exact) mass is 257 g/mol. The molecule has 3 aromatic rings. The number of hydrogen-bond acceptors (Lipinski definition) is 2. The van der Waals surface area contributed by atoms with Crippen molar-refractivity contribution >= 4 is 21.6 Å². The van der Waals surface area contributed by atoms with Gasteiger partial charge in [0.1, 0.15) is 11.7 Å². The third kappa shape index (κ3) is 1.91. The Morgan fingerprint density at radius 3 is 2.78 bits per heavy atom. The maximum absolute atomic E-state index is 12.6. The summed E-state index contributed by atoms with van der Waals surface area (Å²) >= 11 is 1.42. The summed E-state index contributed by atoms with van der Waals surface area (Å²) in [5.74, 6) is 0. The predicted octanol–water partition coefficient (Wildman–Crippen LogP) is 4.74. The van der Waals surface area contributed by atoms with Crippen molar-refractivity contribution in [2.24, 2.45) is 0 Å². The summed E-state index contributed by atoms with van der Waals surface area (Å²) in [6.07, 6.45) is 0. The lowest BCUT2D eigenvalue weighted by Gasteiger charge is -2.05. The number of benzene rings is 2. The molecule has 1 nitrogen and oxygen atoms in total. The molecule has 0 radical (unpaired) electrons. The Morgan fingerprint density at radius 1 is 1.17 bits per heavy atom. The highest BCUT2D eigenvalue weighted by molar-refractivity contribution is 7.18. The van der Waals surface area contributed by atoms with Crippen LogP contribution in [0.3, 0.4) is 0 Å². The topological polar surface area (TPSA) is 12.9 Å². The summed E-state index contributed by atoms with van der Waals surface area (Å²) < 4.78 is 13.6. The van der Waals surface area contributed by atoms with Gasteiger partial charge in [0.25, 0.3) is 0 Å². The fourth-order valence-corrected chi connectivity index (χ4v) is 2.89. The van der Waals surface area contributed by atoms with E-state index in [1.807, 2.05) is 24.3 Å². The molecule has 1 aromatic heterocycles. The van der Waals surface area contributed by atoms with Crippen LogP contribution in [0.25, 0.3) is 21.3 Å². The van der Waals surface area contributed by atoms with Crippen LogP contribution in [-0.4, -0.2) is 4.98 Å². The Kier molecular flexibility index (Phi) is 2.84. The van der Waals surface area contributed by atoms with E-state index in [9.17, 15) is 4.39 Å². The average Bonchev–Trinajstić information content (AvgIpc) is 2.81. The molecular formula is C15H12FNS. The highest BCUT2D eigenvalue weighted by Crippen LogP contribution is 2.29. The van der Waals surface area contributed by atoms with Gasteiger partial charge in [0.15, 0.2) is 0 Å². The first-order chi connectivity index (χ1) is 8.78. The van der Waals surface area contributed by atoms with Gasteiger partial charge in [-0.3, -0.25) is 0 Å². The molecule has 0 amide bonds. The summed E-state index contributed by atoms with van der Waals surface area (Å²) in [5, 5.41) is 0.548. The number of fused-ring (bicyclic) bond motifs is 1. The highest BCUT2D eigenvalue weighted by Gasteiger charge is 2.06. The van der Waals surface area contributed by atoms with Gasteiger partial charge in [-0.1, -0.05) is 30.3 Å². The van der Waals surface area contributed by atoms with Gasteiger partial charge in [0.2, 0.25) is 0 Å². The van der Waals surface area contributed by atoms with Crippen molar-refractivity contribution in [3.63, 3.8) is 0 Å². The first-order valence-corrected chi connectivity index (χ1v) is 6.61. The van der Waals surface area contributed by atoms with Gasteiger partial charge in [-0.15, -0.1) is 11.3 Å². The normalized spacial score (nSPS) is 11.0. The molecule has 0 bridgehead atoms. The largest absolute Gasteiger partial charge is 0.243 e. The summed E-state index contributed by atoms with van der Waals surface area (Å²) in [5.41, 5.74) is 4.46. The fraction of sp³-hybridized carbons (Fsp3) is 0.133. The molecule has 0 aliphatic carbocycles. The molecular weight excluding hydrogens is 245 g/mol. The molecule has 2 aromatic carbocycles. The van der Waals surface area contributed by atoms with E-state index < -0.39 is 6.67 Å². The van der Waals surface area contributed by atoms with Gasteiger partial charge in [-0.2, -0.15) is 0 Å². The van der Waals surface area contributed by atoms with Crippen molar-refractivity contribution in [3.8, 4) is 11.1 Å². The van der Waals surface area contributed by atoms with E-state index in [4.69, 9.17) is 0 Å². The maximum Gasteiger partial charge on any atom is 0.141 e. The van der Waals surface area contributed by atoms with Crippen molar-refractivity contribution in [1.29, 1.82) is 0 Å². The van der Waals surface area contributed by atoms with Crippen LogP contribution in [0.1, 0.15) is 10.6 Å². The Hall–Kier alpha value is -1.74. The van der Waals surface area contributed by atoms with Crippen molar-refractivity contribution in [2.45, 2.75) is 13.6 Å². The summed E-state index contributed by atoms with van der Waals surface area (Å²) in [7, 11) is 0. The Balaban J connectivity index is 2.16. The second-order valence-corrected chi connectivity index (χ2v) is 5.35. The molecule has 0 spiro atoms. The van der Waals surface area contributed by atoms with Crippen LogP contribution in [-0.2, 0) is 6.67 Å². The lowest BCUT2D eigenvalue weighted by Crippen LogP contribution is -1.82. The molecule has 18 heavy (non-hydrogen) atoms. The van der Waals surface area contributed by atoms with Gasteiger partial charge in [-0.05, 0) is 35.7 Å². The van der Waals surface area contributed by atoms with Crippen LogP contribution < -0.4 is 0 Å². The molecule has 0 unspecified atom stereocenters. The third-order valence-electron chi connectivity index (χ3n) is 3.00. The molecule has 0 saturated carbocycles. The van der Waals surface area contributed by atoms with Crippen LogP contribution >= 0.6 is 11.3 Å². The third-order valence-corrected chi connectivity index (χ3v) is 4.00. The number of alkyl halides is 1. The number of halogens is 1. The molecule has 0 fully saturated rings. The predicted molar refractivity (Wildman–Crippen MR) is 74.6 cm³/mol. The quantitative estimate of drug-likeness (QED) is 0.646. The van der Waals surface area contributed by atoms with E-state index in [-0.39, 0.29) is 0 Å². The minimum Gasteiger partial charge on any atom is -0.243 e. The molecule has 90 valence electrons. The van der Waals surface area contributed by atoms with Gasteiger partial charge < -0.3 is 0 Å². The smallest absolute Gasteiger partial charge is 0.141 e. The molecule has 3 heteroatoms. The van der Waals surface area contributed by atoms with Crippen molar-refractivity contribution in [2.75, 3.05) is 0 Å². The van der Waals surface area contributed by atoms with E-state index >= 15 is 0 Å². The summed E-state index contributed by atoms with van der Waals surface area (Å²) in [6.45, 7) is 1.60. The van der Waals surface area contributed by atoms with Gasteiger partial charge in [0.05, 0.1) is 10.2 Å². The second-order valence-electron chi connectivity index (χ2n) is 4.24. The Morgan fingerprint density at radius 2 is 2.00 bits per heavy atom. The lowest BCUT2D eigenvalue weighted by atomic mass is 10.0. The maximum atomic E-state index is 12.6. The number of thiazole rings is 1. The molecule has 0 aliphatic rings. The summed E-state index contributed by atoms with van der Waals surface area (Å²) in [6, 6.07) is 14.4. The van der Waals surface area contributed by atoms with E-state index in [1.54, 1.807) is 0 Å². The van der Waals surface area contributed by atoms with Crippen LogP contribution in [0.2, 0.25) is 0 Å². The van der Waals surface area contributed by atoms with Gasteiger partial charge in [0, 0.05) is 0 Å². The highest BCUT2D eigenvalue weighted by atomic mass is 32.1. The zero-order valence-corrected chi connectivity index (χ0v) is 10.8. The minimum absolute atomic E-state index is 0.487. The van der Waals surface area contributed by atoms with Crippen molar-refractivity contribution < 1.29 is 4.39 Å². The van der Waals surface area contributed by atoms with Crippen LogP contribution in [0, 0.1) is 6.92 Å². The van der Waals surface area contributed by atoms with E-state index in [0.717, 1.165) is 15.8 Å². The standard InChI is InChI=1S/C15H12FNS/c1-10-4-2-3-5-12(10)11-6-7-14-13(8-11)17-15(9-16)18-14/h2-8H,9H2,1H3. The molecule has 0 atom stereocenters. The number of rotatable bonds is 2.